The predicted octanol–water partition coefficient (Wildman–Crippen LogP) is 4.14. The second kappa shape index (κ2) is 6.92. The third kappa shape index (κ3) is 3.74. The number of hydrogen-bond donors (Lipinski definition) is 1. The fraction of sp³-hybridized carbons (Fsp3) is 0.588. The highest BCUT2D eigenvalue weighted by Crippen LogP contribution is 2.37. The van der Waals surface area contributed by atoms with E-state index in [2.05, 4.69) is 12.2 Å². The van der Waals surface area contributed by atoms with Gasteiger partial charge < -0.3 is 10.1 Å². The molecule has 0 radical (unpaired) electrons. The number of ether oxygens (including phenoxy) is 1. The van der Waals surface area contributed by atoms with Crippen LogP contribution in [-0.2, 0) is 9.53 Å². The SMILES string of the molecule is CCOC(=O)C1(Nc2ccc(F)cc2)CCCC(CC)C1. The molecular formula is C17H24FNO2. The van der Waals surface area contributed by atoms with Crippen molar-refractivity contribution in [3.63, 3.8) is 0 Å². The standard InChI is InChI=1S/C17H24FNO2/c1-3-13-6-5-11-17(12-13,16(20)21-4-2)19-15-9-7-14(18)8-10-15/h7-10,13,19H,3-6,11-12H2,1-2H3. The quantitative estimate of drug-likeness (QED) is 0.829. The molecule has 2 rings (SSSR count). The van der Waals surface area contributed by atoms with Crippen molar-refractivity contribution in [2.45, 2.75) is 51.5 Å². The summed E-state index contributed by atoms with van der Waals surface area (Å²) in [7, 11) is 0. The molecule has 116 valence electrons. The van der Waals surface area contributed by atoms with Gasteiger partial charge in [0.05, 0.1) is 6.61 Å². The van der Waals surface area contributed by atoms with Crippen LogP contribution in [0.15, 0.2) is 24.3 Å². The zero-order valence-corrected chi connectivity index (χ0v) is 12.8. The highest BCUT2D eigenvalue weighted by molar-refractivity contribution is 5.84. The molecule has 1 aromatic carbocycles. The van der Waals surface area contributed by atoms with Gasteiger partial charge in [0.15, 0.2) is 0 Å². The number of carbonyl (C=O) groups excluding carboxylic acids is 1. The van der Waals surface area contributed by atoms with Gasteiger partial charge in [-0.3, -0.25) is 0 Å². The van der Waals surface area contributed by atoms with Crippen molar-refractivity contribution in [3.8, 4) is 0 Å². The molecule has 1 aromatic rings. The lowest BCUT2D eigenvalue weighted by Crippen LogP contribution is -2.50. The molecule has 4 heteroatoms. The summed E-state index contributed by atoms with van der Waals surface area (Å²) >= 11 is 0. The molecule has 1 aliphatic carbocycles. The van der Waals surface area contributed by atoms with E-state index in [1.807, 2.05) is 6.92 Å². The van der Waals surface area contributed by atoms with Crippen LogP contribution in [0.3, 0.4) is 0 Å². The minimum absolute atomic E-state index is 0.188. The van der Waals surface area contributed by atoms with Crippen LogP contribution in [0, 0.1) is 11.7 Å². The molecule has 21 heavy (non-hydrogen) atoms. The van der Waals surface area contributed by atoms with E-state index in [0.717, 1.165) is 37.8 Å². The Hall–Kier alpha value is -1.58. The van der Waals surface area contributed by atoms with Crippen molar-refractivity contribution in [1.29, 1.82) is 0 Å². The number of benzene rings is 1. The lowest BCUT2D eigenvalue weighted by atomic mass is 9.74. The van der Waals surface area contributed by atoms with Gasteiger partial charge in [-0.15, -0.1) is 0 Å². The highest BCUT2D eigenvalue weighted by Gasteiger charge is 2.43. The second-order valence-electron chi connectivity index (χ2n) is 5.81. The zero-order chi connectivity index (χ0) is 15.3. The Morgan fingerprint density at radius 1 is 1.38 bits per heavy atom. The Morgan fingerprint density at radius 3 is 2.71 bits per heavy atom. The molecule has 0 aliphatic heterocycles. The van der Waals surface area contributed by atoms with Crippen LogP contribution in [-0.4, -0.2) is 18.1 Å². The number of hydrogen-bond acceptors (Lipinski definition) is 3. The van der Waals surface area contributed by atoms with Crippen LogP contribution in [0.4, 0.5) is 10.1 Å². The maximum atomic E-state index is 13.0. The Morgan fingerprint density at radius 2 is 2.10 bits per heavy atom. The van der Waals surface area contributed by atoms with Crippen molar-refractivity contribution in [1.82, 2.24) is 0 Å². The van der Waals surface area contributed by atoms with Crippen LogP contribution in [0.1, 0.15) is 46.0 Å². The summed E-state index contributed by atoms with van der Waals surface area (Å²) in [6, 6.07) is 6.15. The normalized spacial score (nSPS) is 25.4. The van der Waals surface area contributed by atoms with Crippen molar-refractivity contribution in [3.05, 3.63) is 30.1 Å². The van der Waals surface area contributed by atoms with Crippen LogP contribution in [0.5, 0.6) is 0 Å². The van der Waals surface area contributed by atoms with E-state index in [1.165, 1.54) is 12.1 Å². The monoisotopic (exact) mass is 293 g/mol. The molecule has 0 spiro atoms. The molecule has 3 nitrogen and oxygen atoms in total. The molecule has 0 bridgehead atoms. The first-order valence-corrected chi connectivity index (χ1v) is 7.80. The zero-order valence-electron chi connectivity index (χ0n) is 12.8. The van der Waals surface area contributed by atoms with Gasteiger partial charge in [0, 0.05) is 5.69 Å². The Kier molecular flexibility index (Phi) is 5.21. The summed E-state index contributed by atoms with van der Waals surface area (Å²) < 4.78 is 18.3. The second-order valence-corrected chi connectivity index (χ2v) is 5.81. The fourth-order valence-electron chi connectivity index (χ4n) is 3.17. The van der Waals surface area contributed by atoms with Crippen molar-refractivity contribution < 1.29 is 13.9 Å². The molecule has 2 unspecified atom stereocenters. The van der Waals surface area contributed by atoms with E-state index >= 15 is 0 Å². The summed E-state index contributed by atoms with van der Waals surface area (Å²) in [6.45, 7) is 4.36. The maximum absolute atomic E-state index is 13.0. The first-order valence-electron chi connectivity index (χ1n) is 7.80. The Labute approximate surface area is 125 Å². The van der Waals surface area contributed by atoms with Crippen LogP contribution in [0.2, 0.25) is 0 Å². The molecule has 1 aliphatic rings. The summed E-state index contributed by atoms with van der Waals surface area (Å²) in [5.74, 6) is 0.0596. The average Bonchev–Trinajstić information content (AvgIpc) is 2.50. The molecule has 1 fully saturated rings. The van der Waals surface area contributed by atoms with Gasteiger partial charge in [0.25, 0.3) is 0 Å². The number of anilines is 1. The molecule has 0 amide bonds. The van der Waals surface area contributed by atoms with Gasteiger partial charge in [-0.05, 0) is 49.9 Å². The minimum Gasteiger partial charge on any atom is -0.464 e. The van der Waals surface area contributed by atoms with Crippen LogP contribution in [0.25, 0.3) is 0 Å². The predicted molar refractivity (Wildman–Crippen MR) is 81.6 cm³/mol. The summed E-state index contributed by atoms with van der Waals surface area (Å²) in [5.41, 5.74) is 0.0912. The van der Waals surface area contributed by atoms with Gasteiger partial charge in [-0.1, -0.05) is 26.2 Å². The van der Waals surface area contributed by atoms with E-state index in [-0.39, 0.29) is 11.8 Å². The third-order valence-electron chi connectivity index (χ3n) is 4.32. The van der Waals surface area contributed by atoms with Crippen LogP contribution >= 0.6 is 0 Å². The molecular weight excluding hydrogens is 269 g/mol. The van der Waals surface area contributed by atoms with Gasteiger partial charge in [0.2, 0.25) is 0 Å². The van der Waals surface area contributed by atoms with E-state index in [1.54, 1.807) is 12.1 Å². The number of nitrogens with one attached hydrogen (secondary N) is 1. The number of esters is 1. The summed E-state index contributed by atoms with van der Waals surface area (Å²) in [5, 5.41) is 3.33. The van der Waals surface area contributed by atoms with E-state index in [4.69, 9.17) is 4.74 Å². The molecule has 0 aromatic heterocycles. The molecule has 0 heterocycles. The summed E-state index contributed by atoms with van der Waals surface area (Å²) in [6.07, 6.45) is 4.76. The summed E-state index contributed by atoms with van der Waals surface area (Å²) in [4.78, 5) is 12.5. The van der Waals surface area contributed by atoms with E-state index in [0.29, 0.717) is 12.5 Å². The highest BCUT2D eigenvalue weighted by atomic mass is 19.1. The van der Waals surface area contributed by atoms with Crippen molar-refractivity contribution in [2.24, 2.45) is 5.92 Å². The topological polar surface area (TPSA) is 38.3 Å². The largest absolute Gasteiger partial charge is 0.464 e. The number of rotatable bonds is 5. The van der Waals surface area contributed by atoms with Gasteiger partial charge >= 0.3 is 5.97 Å². The first kappa shape index (κ1) is 15.8. The molecule has 1 N–H and O–H groups in total. The van der Waals surface area contributed by atoms with Crippen molar-refractivity contribution in [2.75, 3.05) is 11.9 Å². The third-order valence-corrected chi connectivity index (χ3v) is 4.32. The maximum Gasteiger partial charge on any atom is 0.331 e. The average molecular weight is 293 g/mol. The fourth-order valence-corrected chi connectivity index (χ4v) is 3.17. The Bertz CT molecular complexity index is 474. The number of halogens is 1. The van der Waals surface area contributed by atoms with Gasteiger partial charge in [0.1, 0.15) is 11.4 Å². The smallest absolute Gasteiger partial charge is 0.331 e. The van der Waals surface area contributed by atoms with Crippen LogP contribution < -0.4 is 5.32 Å². The first-order chi connectivity index (χ1) is 10.1. The number of carbonyl (C=O) groups is 1. The minimum atomic E-state index is -0.674. The van der Waals surface area contributed by atoms with E-state index in [9.17, 15) is 9.18 Å². The lowest BCUT2D eigenvalue weighted by Gasteiger charge is -2.40. The Balaban J connectivity index is 2.22. The molecule has 0 saturated heterocycles. The molecule has 2 atom stereocenters. The molecule has 1 saturated carbocycles. The van der Waals surface area contributed by atoms with Gasteiger partial charge in [-0.25, -0.2) is 9.18 Å². The lowest BCUT2D eigenvalue weighted by molar-refractivity contribution is -0.150. The van der Waals surface area contributed by atoms with E-state index < -0.39 is 5.54 Å². The van der Waals surface area contributed by atoms with Crippen molar-refractivity contribution >= 4 is 11.7 Å². The van der Waals surface area contributed by atoms with Gasteiger partial charge in [-0.2, -0.15) is 0 Å².